The second-order valence-corrected chi connectivity index (χ2v) is 5.21. The third kappa shape index (κ3) is 2.73. The van der Waals surface area contributed by atoms with Gasteiger partial charge >= 0.3 is 5.97 Å². The highest BCUT2D eigenvalue weighted by molar-refractivity contribution is 6.30. The topological polar surface area (TPSA) is 50.2 Å². The van der Waals surface area contributed by atoms with Crippen LogP contribution in [0, 0.1) is 0 Å². The number of halogens is 1. The molecular weight excluding hydrogens is 286 g/mol. The summed E-state index contributed by atoms with van der Waals surface area (Å²) in [5.41, 5.74) is 2.91. The lowest BCUT2D eigenvalue weighted by Crippen LogP contribution is -2.03. The number of carbonyl (C=O) groups is 1. The van der Waals surface area contributed by atoms with Crippen LogP contribution >= 0.6 is 11.6 Å². The minimum atomic E-state index is -0.944. The fraction of sp³-hybridized carbons (Fsp3) is 0.0588. The standard InChI is InChI=1S/C17H12ClNO2/c18-13-5-6-15(17(20)21)12(10-13)9-11-7-8-19-16-4-2-1-3-14(11)16/h1-8,10H,9H2,(H,20,21). The number of aromatic nitrogens is 1. The van der Waals surface area contributed by atoms with Crippen LogP contribution in [-0.4, -0.2) is 16.1 Å². The minimum Gasteiger partial charge on any atom is -0.478 e. The Morgan fingerprint density at radius 3 is 2.71 bits per heavy atom. The van der Waals surface area contributed by atoms with Gasteiger partial charge in [-0.25, -0.2) is 4.79 Å². The van der Waals surface area contributed by atoms with Crippen molar-refractivity contribution in [3.8, 4) is 0 Å². The van der Waals surface area contributed by atoms with Crippen LogP contribution in [0.4, 0.5) is 0 Å². The van der Waals surface area contributed by atoms with Crippen molar-refractivity contribution in [3.63, 3.8) is 0 Å². The zero-order chi connectivity index (χ0) is 14.8. The average molecular weight is 298 g/mol. The molecule has 0 bridgehead atoms. The number of aromatic carboxylic acids is 1. The minimum absolute atomic E-state index is 0.278. The van der Waals surface area contributed by atoms with Crippen molar-refractivity contribution in [1.29, 1.82) is 0 Å². The summed E-state index contributed by atoms with van der Waals surface area (Å²) < 4.78 is 0. The Morgan fingerprint density at radius 2 is 1.90 bits per heavy atom. The van der Waals surface area contributed by atoms with Crippen LogP contribution < -0.4 is 0 Å². The predicted octanol–water partition coefficient (Wildman–Crippen LogP) is 4.18. The summed E-state index contributed by atoms with van der Waals surface area (Å²) in [4.78, 5) is 15.6. The number of carboxylic acids is 1. The number of fused-ring (bicyclic) bond motifs is 1. The van der Waals surface area contributed by atoms with Crippen molar-refractivity contribution >= 4 is 28.5 Å². The SMILES string of the molecule is O=C(O)c1ccc(Cl)cc1Cc1ccnc2ccccc12. The molecule has 0 saturated carbocycles. The molecule has 2 aromatic carbocycles. The molecule has 0 spiro atoms. The summed E-state index contributed by atoms with van der Waals surface area (Å²) in [6.07, 6.45) is 2.24. The van der Waals surface area contributed by atoms with Crippen molar-refractivity contribution in [2.24, 2.45) is 0 Å². The molecule has 0 radical (unpaired) electrons. The van der Waals surface area contributed by atoms with Gasteiger partial charge in [0.1, 0.15) is 0 Å². The molecule has 0 fully saturated rings. The van der Waals surface area contributed by atoms with Gasteiger partial charge in [0.05, 0.1) is 11.1 Å². The van der Waals surface area contributed by atoms with Gasteiger partial charge < -0.3 is 5.11 Å². The number of hydrogen-bond donors (Lipinski definition) is 1. The van der Waals surface area contributed by atoms with E-state index in [9.17, 15) is 9.90 Å². The van der Waals surface area contributed by atoms with E-state index in [1.807, 2.05) is 30.3 Å². The maximum atomic E-state index is 11.3. The maximum Gasteiger partial charge on any atom is 0.335 e. The van der Waals surface area contributed by atoms with Crippen LogP contribution in [0.15, 0.2) is 54.7 Å². The highest BCUT2D eigenvalue weighted by Gasteiger charge is 2.12. The van der Waals surface area contributed by atoms with Crippen LogP contribution in [0.3, 0.4) is 0 Å². The fourth-order valence-corrected chi connectivity index (χ4v) is 2.63. The lowest BCUT2D eigenvalue weighted by atomic mass is 9.97. The van der Waals surface area contributed by atoms with Gasteiger partial charge in [0.25, 0.3) is 0 Å². The Morgan fingerprint density at radius 1 is 1.10 bits per heavy atom. The summed E-state index contributed by atoms with van der Waals surface area (Å²) in [5.74, 6) is -0.944. The molecule has 0 saturated heterocycles. The Kier molecular flexibility index (Phi) is 3.59. The van der Waals surface area contributed by atoms with Gasteiger partial charge in [0.15, 0.2) is 0 Å². The molecule has 0 aliphatic carbocycles. The van der Waals surface area contributed by atoms with Gasteiger partial charge in [-0.1, -0.05) is 29.8 Å². The summed E-state index contributed by atoms with van der Waals surface area (Å²) in [6.45, 7) is 0. The molecule has 3 nitrogen and oxygen atoms in total. The predicted molar refractivity (Wildman–Crippen MR) is 83.0 cm³/mol. The van der Waals surface area contributed by atoms with E-state index in [1.165, 1.54) is 0 Å². The molecular formula is C17H12ClNO2. The maximum absolute atomic E-state index is 11.3. The Balaban J connectivity index is 2.11. The van der Waals surface area contributed by atoms with E-state index in [1.54, 1.807) is 24.4 Å². The van der Waals surface area contributed by atoms with E-state index in [0.717, 1.165) is 16.5 Å². The van der Waals surface area contributed by atoms with E-state index in [-0.39, 0.29) is 5.56 Å². The molecule has 3 aromatic rings. The molecule has 0 amide bonds. The number of rotatable bonds is 3. The van der Waals surface area contributed by atoms with Crippen LogP contribution in [0.25, 0.3) is 10.9 Å². The van der Waals surface area contributed by atoms with Crippen molar-refractivity contribution in [2.45, 2.75) is 6.42 Å². The van der Waals surface area contributed by atoms with Crippen LogP contribution in [-0.2, 0) is 6.42 Å². The van der Waals surface area contributed by atoms with Gasteiger partial charge in [-0.3, -0.25) is 4.98 Å². The van der Waals surface area contributed by atoms with Gasteiger partial charge in [0.2, 0.25) is 0 Å². The van der Waals surface area contributed by atoms with Gasteiger partial charge in [0, 0.05) is 16.6 Å². The van der Waals surface area contributed by atoms with Crippen molar-refractivity contribution in [1.82, 2.24) is 4.98 Å². The normalized spacial score (nSPS) is 10.7. The molecule has 0 aliphatic heterocycles. The largest absolute Gasteiger partial charge is 0.478 e. The molecule has 0 unspecified atom stereocenters. The zero-order valence-electron chi connectivity index (χ0n) is 11.1. The smallest absolute Gasteiger partial charge is 0.335 e. The van der Waals surface area contributed by atoms with Crippen molar-refractivity contribution < 1.29 is 9.90 Å². The van der Waals surface area contributed by atoms with E-state index in [0.29, 0.717) is 17.0 Å². The van der Waals surface area contributed by atoms with E-state index >= 15 is 0 Å². The van der Waals surface area contributed by atoms with Gasteiger partial charge in [-0.15, -0.1) is 0 Å². The molecule has 1 heterocycles. The number of nitrogens with zero attached hydrogens (tertiary/aromatic N) is 1. The second-order valence-electron chi connectivity index (χ2n) is 4.77. The van der Waals surface area contributed by atoms with E-state index in [2.05, 4.69) is 4.98 Å². The summed E-state index contributed by atoms with van der Waals surface area (Å²) in [6, 6.07) is 14.6. The number of hydrogen-bond acceptors (Lipinski definition) is 2. The van der Waals surface area contributed by atoms with Crippen molar-refractivity contribution in [3.05, 3.63) is 76.4 Å². The average Bonchev–Trinajstić information content (AvgIpc) is 2.47. The first-order valence-corrected chi connectivity index (χ1v) is 6.87. The lowest BCUT2D eigenvalue weighted by Gasteiger charge is -2.09. The van der Waals surface area contributed by atoms with E-state index in [4.69, 9.17) is 11.6 Å². The summed E-state index contributed by atoms with van der Waals surface area (Å²) in [5, 5.41) is 10.9. The Bertz CT molecular complexity index is 825. The van der Waals surface area contributed by atoms with Crippen LogP contribution in [0.5, 0.6) is 0 Å². The summed E-state index contributed by atoms with van der Waals surface area (Å²) >= 11 is 6.00. The molecule has 0 atom stereocenters. The number of pyridine rings is 1. The number of benzene rings is 2. The highest BCUT2D eigenvalue weighted by atomic mass is 35.5. The number of carboxylic acid groups (broad SMARTS) is 1. The fourth-order valence-electron chi connectivity index (χ4n) is 2.43. The first kappa shape index (κ1) is 13.6. The molecule has 1 N–H and O–H groups in total. The Hall–Kier alpha value is -2.39. The molecule has 21 heavy (non-hydrogen) atoms. The summed E-state index contributed by atoms with van der Waals surface area (Å²) in [7, 11) is 0. The molecule has 104 valence electrons. The molecule has 3 rings (SSSR count). The first-order chi connectivity index (χ1) is 10.1. The van der Waals surface area contributed by atoms with E-state index < -0.39 is 5.97 Å². The molecule has 1 aromatic heterocycles. The third-order valence-electron chi connectivity index (χ3n) is 3.42. The highest BCUT2D eigenvalue weighted by Crippen LogP contribution is 2.23. The van der Waals surface area contributed by atoms with Crippen LogP contribution in [0.2, 0.25) is 5.02 Å². The number of para-hydroxylation sites is 1. The quantitative estimate of drug-likeness (QED) is 0.789. The Labute approximate surface area is 126 Å². The van der Waals surface area contributed by atoms with Gasteiger partial charge in [-0.05, 0) is 47.9 Å². The molecule has 4 heteroatoms. The molecule has 0 aliphatic rings. The lowest BCUT2D eigenvalue weighted by molar-refractivity contribution is 0.0696. The van der Waals surface area contributed by atoms with Crippen molar-refractivity contribution in [2.75, 3.05) is 0 Å². The first-order valence-electron chi connectivity index (χ1n) is 6.49. The third-order valence-corrected chi connectivity index (χ3v) is 3.65. The van der Waals surface area contributed by atoms with Gasteiger partial charge in [-0.2, -0.15) is 0 Å². The second kappa shape index (κ2) is 5.54. The monoisotopic (exact) mass is 297 g/mol. The van der Waals surface area contributed by atoms with Crippen LogP contribution in [0.1, 0.15) is 21.5 Å². The zero-order valence-corrected chi connectivity index (χ0v) is 11.8.